The molecule has 2 heterocycles. The maximum atomic E-state index is 11.5. The van der Waals surface area contributed by atoms with E-state index in [9.17, 15) is 14.9 Å². The molecule has 19 heavy (non-hydrogen) atoms. The SMILES string of the molecule is O=C(Cn1cc([N+](=O)[O-])cn1)N/N=C\c1cccs1. The molecule has 0 fully saturated rings. The Balaban J connectivity index is 1.85. The van der Waals surface area contributed by atoms with Crippen molar-refractivity contribution >= 4 is 29.1 Å². The van der Waals surface area contributed by atoms with Crippen molar-refractivity contribution in [1.29, 1.82) is 0 Å². The number of hydrogen-bond donors (Lipinski definition) is 1. The van der Waals surface area contributed by atoms with Gasteiger partial charge in [0, 0.05) is 4.88 Å². The van der Waals surface area contributed by atoms with Gasteiger partial charge in [-0.1, -0.05) is 6.07 Å². The fraction of sp³-hybridized carbons (Fsp3) is 0.100. The number of amides is 1. The number of aromatic nitrogens is 2. The minimum Gasteiger partial charge on any atom is -0.271 e. The molecule has 8 nitrogen and oxygen atoms in total. The quantitative estimate of drug-likeness (QED) is 0.501. The summed E-state index contributed by atoms with van der Waals surface area (Å²) in [5.74, 6) is -0.411. The summed E-state index contributed by atoms with van der Waals surface area (Å²) in [7, 11) is 0. The van der Waals surface area contributed by atoms with Crippen LogP contribution in [-0.2, 0) is 11.3 Å². The summed E-state index contributed by atoms with van der Waals surface area (Å²) in [6.45, 7) is -0.129. The molecule has 2 aromatic heterocycles. The molecule has 0 aliphatic carbocycles. The number of thiophene rings is 1. The van der Waals surface area contributed by atoms with Crippen molar-refractivity contribution in [2.75, 3.05) is 0 Å². The van der Waals surface area contributed by atoms with Crippen molar-refractivity contribution in [1.82, 2.24) is 15.2 Å². The minimum absolute atomic E-state index is 0.129. The topological polar surface area (TPSA) is 102 Å². The highest BCUT2D eigenvalue weighted by atomic mass is 32.1. The summed E-state index contributed by atoms with van der Waals surface area (Å²) < 4.78 is 1.17. The smallest absolute Gasteiger partial charge is 0.271 e. The van der Waals surface area contributed by atoms with Crippen molar-refractivity contribution in [3.63, 3.8) is 0 Å². The van der Waals surface area contributed by atoms with E-state index < -0.39 is 10.8 Å². The van der Waals surface area contributed by atoms with E-state index in [1.54, 1.807) is 0 Å². The third-order valence-electron chi connectivity index (χ3n) is 2.06. The normalized spacial score (nSPS) is 10.7. The summed E-state index contributed by atoms with van der Waals surface area (Å²) in [6, 6.07) is 3.73. The Kier molecular flexibility index (Phi) is 3.98. The molecule has 2 aromatic rings. The first kappa shape index (κ1) is 12.9. The molecule has 0 aliphatic rings. The predicted molar refractivity (Wildman–Crippen MR) is 68.9 cm³/mol. The fourth-order valence-corrected chi connectivity index (χ4v) is 1.83. The van der Waals surface area contributed by atoms with Crippen LogP contribution >= 0.6 is 11.3 Å². The van der Waals surface area contributed by atoms with Gasteiger partial charge in [-0.15, -0.1) is 11.3 Å². The molecular weight excluding hydrogens is 270 g/mol. The molecule has 0 unspecified atom stereocenters. The second kappa shape index (κ2) is 5.87. The molecule has 0 saturated carbocycles. The van der Waals surface area contributed by atoms with Gasteiger partial charge in [0.15, 0.2) is 0 Å². The molecule has 98 valence electrons. The molecule has 1 amide bonds. The lowest BCUT2D eigenvalue weighted by Crippen LogP contribution is -2.23. The molecule has 9 heteroatoms. The van der Waals surface area contributed by atoms with E-state index in [0.29, 0.717) is 0 Å². The highest BCUT2D eigenvalue weighted by Crippen LogP contribution is 2.07. The number of carbonyl (C=O) groups excluding carboxylic acids is 1. The van der Waals surface area contributed by atoms with Crippen LogP contribution in [0.1, 0.15) is 4.88 Å². The van der Waals surface area contributed by atoms with E-state index in [0.717, 1.165) is 11.1 Å². The van der Waals surface area contributed by atoms with Gasteiger partial charge in [0.2, 0.25) is 0 Å². The van der Waals surface area contributed by atoms with Crippen molar-refractivity contribution in [3.05, 3.63) is 44.9 Å². The van der Waals surface area contributed by atoms with Crippen LogP contribution in [0, 0.1) is 10.1 Å². The van der Waals surface area contributed by atoms with E-state index in [4.69, 9.17) is 0 Å². The monoisotopic (exact) mass is 279 g/mol. The fourth-order valence-electron chi connectivity index (χ4n) is 1.25. The van der Waals surface area contributed by atoms with E-state index in [2.05, 4.69) is 15.6 Å². The van der Waals surface area contributed by atoms with E-state index in [-0.39, 0.29) is 12.2 Å². The van der Waals surface area contributed by atoms with Crippen LogP contribution in [-0.4, -0.2) is 26.8 Å². The maximum absolute atomic E-state index is 11.5. The number of hydrogen-bond acceptors (Lipinski definition) is 6. The van der Waals surface area contributed by atoms with E-state index in [1.807, 2.05) is 17.5 Å². The van der Waals surface area contributed by atoms with Gasteiger partial charge in [0.05, 0.1) is 11.1 Å². The van der Waals surface area contributed by atoms with Crippen LogP contribution < -0.4 is 5.43 Å². The third kappa shape index (κ3) is 3.71. The van der Waals surface area contributed by atoms with Crippen molar-refractivity contribution < 1.29 is 9.72 Å². The van der Waals surface area contributed by atoms with Gasteiger partial charge in [-0.3, -0.25) is 19.6 Å². The lowest BCUT2D eigenvalue weighted by Gasteiger charge is -1.98. The van der Waals surface area contributed by atoms with Crippen molar-refractivity contribution in [2.24, 2.45) is 5.10 Å². The Hall–Kier alpha value is -2.55. The molecule has 0 bridgehead atoms. The number of nitrogens with zero attached hydrogens (tertiary/aromatic N) is 4. The average Bonchev–Trinajstić information content (AvgIpc) is 3.00. The molecule has 1 N–H and O–H groups in total. The summed E-state index contributed by atoms with van der Waals surface area (Å²) in [5.41, 5.74) is 2.16. The lowest BCUT2D eigenvalue weighted by molar-refractivity contribution is -0.385. The zero-order valence-corrected chi connectivity index (χ0v) is 10.4. The summed E-state index contributed by atoms with van der Waals surface area (Å²) in [6.07, 6.45) is 3.79. The first-order chi connectivity index (χ1) is 9.15. The molecule has 0 saturated heterocycles. The predicted octanol–water partition coefficient (Wildman–Crippen LogP) is 1.00. The first-order valence-corrected chi connectivity index (χ1v) is 6.05. The summed E-state index contributed by atoms with van der Waals surface area (Å²) in [5, 5.41) is 19.8. The van der Waals surface area contributed by atoms with Crippen LogP contribution in [0.4, 0.5) is 5.69 Å². The van der Waals surface area contributed by atoms with Crippen LogP contribution in [0.15, 0.2) is 35.0 Å². The van der Waals surface area contributed by atoms with Gasteiger partial charge < -0.3 is 0 Å². The average molecular weight is 279 g/mol. The third-order valence-corrected chi connectivity index (χ3v) is 2.87. The van der Waals surface area contributed by atoms with Crippen LogP contribution in [0.25, 0.3) is 0 Å². The highest BCUT2D eigenvalue weighted by molar-refractivity contribution is 7.11. The molecule has 0 aliphatic heterocycles. The number of hydrazone groups is 1. The van der Waals surface area contributed by atoms with Gasteiger partial charge in [0.25, 0.3) is 5.91 Å². The Labute approximate surface area is 111 Å². The lowest BCUT2D eigenvalue weighted by atomic mass is 10.5. The van der Waals surface area contributed by atoms with Crippen LogP contribution in [0.3, 0.4) is 0 Å². The Morgan fingerprint density at radius 3 is 3.16 bits per heavy atom. The maximum Gasteiger partial charge on any atom is 0.307 e. The molecule has 0 atom stereocenters. The van der Waals surface area contributed by atoms with Gasteiger partial charge >= 0.3 is 5.69 Å². The molecule has 2 rings (SSSR count). The molecule has 0 aromatic carbocycles. The number of rotatable bonds is 5. The second-order valence-electron chi connectivity index (χ2n) is 3.46. The second-order valence-corrected chi connectivity index (χ2v) is 4.44. The first-order valence-electron chi connectivity index (χ1n) is 5.17. The zero-order valence-electron chi connectivity index (χ0n) is 9.59. The largest absolute Gasteiger partial charge is 0.307 e. The Bertz CT molecular complexity index is 604. The zero-order chi connectivity index (χ0) is 13.7. The standard InChI is InChI=1S/C10H9N5O3S/c16-10(13-11-5-9-2-1-3-19-9)7-14-6-8(4-12-14)15(17)18/h1-6H,7H2,(H,13,16)/b11-5-. The Morgan fingerprint density at radius 1 is 1.68 bits per heavy atom. The van der Waals surface area contributed by atoms with Gasteiger partial charge in [0.1, 0.15) is 18.9 Å². The number of nitro groups is 1. The van der Waals surface area contributed by atoms with Crippen molar-refractivity contribution in [3.8, 4) is 0 Å². The van der Waals surface area contributed by atoms with Crippen molar-refractivity contribution in [2.45, 2.75) is 6.54 Å². The summed E-state index contributed by atoms with van der Waals surface area (Å²) >= 11 is 1.49. The van der Waals surface area contributed by atoms with Gasteiger partial charge in [-0.05, 0) is 11.4 Å². The molecular formula is C10H9N5O3S. The Morgan fingerprint density at radius 2 is 2.53 bits per heavy atom. The van der Waals surface area contributed by atoms with Gasteiger partial charge in [-0.25, -0.2) is 5.43 Å². The van der Waals surface area contributed by atoms with Crippen LogP contribution in [0.5, 0.6) is 0 Å². The van der Waals surface area contributed by atoms with Crippen LogP contribution in [0.2, 0.25) is 0 Å². The number of carbonyl (C=O) groups is 1. The molecule has 0 spiro atoms. The highest BCUT2D eigenvalue weighted by Gasteiger charge is 2.10. The minimum atomic E-state index is -0.573. The summed E-state index contributed by atoms with van der Waals surface area (Å²) in [4.78, 5) is 22.2. The van der Waals surface area contributed by atoms with E-state index >= 15 is 0 Å². The van der Waals surface area contributed by atoms with E-state index in [1.165, 1.54) is 28.4 Å². The molecule has 0 radical (unpaired) electrons. The van der Waals surface area contributed by atoms with Gasteiger partial charge in [-0.2, -0.15) is 10.2 Å². The number of nitrogens with one attached hydrogen (secondary N) is 1.